The number of esters is 1. The predicted octanol–water partition coefficient (Wildman–Crippen LogP) is 3.34. The highest BCUT2D eigenvalue weighted by molar-refractivity contribution is 6.32. The molecule has 1 heterocycles. The monoisotopic (exact) mass is 322 g/mol. The minimum Gasteiger partial charge on any atom is -0.462 e. The van der Waals surface area contributed by atoms with Gasteiger partial charge in [0.05, 0.1) is 6.61 Å². The maximum Gasteiger partial charge on any atom is 0.451 e. The molecule has 0 unspecified atom stereocenters. The van der Waals surface area contributed by atoms with Crippen molar-refractivity contribution in [2.45, 2.75) is 19.3 Å². The van der Waals surface area contributed by atoms with Crippen LogP contribution in [0.1, 0.15) is 28.8 Å². The zero-order valence-corrected chi connectivity index (χ0v) is 10.3. The Labute approximate surface area is 112 Å². The molecule has 0 saturated carbocycles. The van der Waals surface area contributed by atoms with Gasteiger partial charge in [0.15, 0.2) is 5.69 Å². The molecular formula is C9H5ClF6N2O2. The third kappa shape index (κ3) is 3.50. The van der Waals surface area contributed by atoms with Gasteiger partial charge in [0, 0.05) is 0 Å². The standard InChI is InChI=1S/C9H5ClF6N2O2/c1-2-20-6(19)3-4(8(11,12)13)17-7(9(14,15)16)18-5(3)10/h2H2,1H3. The Bertz CT molecular complexity index is 528. The lowest BCUT2D eigenvalue weighted by Gasteiger charge is -2.14. The number of carbonyl (C=O) groups is 1. The average Bonchev–Trinajstić information content (AvgIpc) is 2.25. The van der Waals surface area contributed by atoms with Crippen molar-refractivity contribution in [1.29, 1.82) is 0 Å². The number of aromatic nitrogens is 2. The lowest BCUT2D eigenvalue weighted by Crippen LogP contribution is -2.23. The van der Waals surface area contributed by atoms with Gasteiger partial charge >= 0.3 is 18.3 Å². The minimum atomic E-state index is -5.32. The van der Waals surface area contributed by atoms with E-state index in [1.807, 2.05) is 0 Å². The Morgan fingerprint density at radius 1 is 1.15 bits per heavy atom. The number of halogens is 7. The van der Waals surface area contributed by atoms with E-state index < -0.39 is 40.6 Å². The number of ether oxygens (including phenoxy) is 1. The lowest BCUT2D eigenvalue weighted by molar-refractivity contribution is -0.153. The first-order valence-electron chi connectivity index (χ1n) is 4.87. The van der Waals surface area contributed by atoms with Crippen molar-refractivity contribution in [2.75, 3.05) is 6.61 Å². The van der Waals surface area contributed by atoms with Gasteiger partial charge in [-0.25, -0.2) is 14.8 Å². The van der Waals surface area contributed by atoms with Crippen molar-refractivity contribution >= 4 is 17.6 Å². The molecule has 0 saturated heterocycles. The normalized spacial score (nSPS) is 12.4. The zero-order valence-electron chi connectivity index (χ0n) is 9.56. The third-order valence-corrected chi connectivity index (χ3v) is 2.14. The van der Waals surface area contributed by atoms with Crippen LogP contribution in [-0.2, 0) is 17.1 Å². The maximum absolute atomic E-state index is 12.7. The van der Waals surface area contributed by atoms with E-state index in [1.54, 1.807) is 0 Å². The van der Waals surface area contributed by atoms with Gasteiger partial charge in [0.25, 0.3) is 0 Å². The van der Waals surface area contributed by atoms with Gasteiger partial charge in [-0.3, -0.25) is 0 Å². The number of hydrogen-bond acceptors (Lipinski definition) is 4. The number of rotatable bonds is 2. The molecule has 0 aromatic carbocycles. The van der Waals surface area contributed by atoms with Crippen LogP contribution in [0.4, 0.5) is 26.3 Å². The number of nitrogens with zero attached hydrogens (tertiary/aromatic N) is 2. The second-order valence-corrected chi connectivity index (χ2v) is 3.64. The average molecular weight is 323 g/mol. The van der Waals surface area contributed by atoms with Crippen molar-refractivity contribution in [3.8, 4) is 0 Å². The fourth-order valence-electron chi connectivity index (χ4n) is 1.15. The van der Waals surface area contributed by atoms with Crippen LogP contribution >= 0.6 is 11.6 Å². The van der Waals surface area contributed by atoms with Crippen molar-refractivity contribution in [1.82, 2.24) is 9.97 Å². The Hall–Kier alpha value is -1.58. The van der Waals surface area contributed by atoms with Crippen LogP contribution in [0, 0.1) is 0 Å². The summed E-state index contributed by atoms with van der Waals surface area (Å²) in [6.45, 7) is 0.998. The van der Waals surface area contributed by atoms with E-state index in [-0.39, 0.29) is 6.61 Å². The fourth-order valence-corrected chi connectivity index (χ4v) is 1.40. The summed E-state index contributed by atoms with van der Waals surface area (Å²) in [6, 6.07) is 0. The van der Waals surface area contributed by atoms with Crippen LogP contribution in [0.5, 0.6) is 0 Å². The summed E-state index contributed by atoms with van der Waals surface area (Å²) in [5, 5.41) is -1.28. The molecule has 0 aliphatic rings. The third-order valence-electron chi connectivity index (χ3n) is 1.87. The molecule has 1 rings (SSSR count). The summed E-state index contributed by atoms with van der Waals surface area (Å²) < 4.78 is 79.4. The molecule has 0 bridgehead atoms. The van der Waals surface area contributed by atoms with Gasteiger partial charge in [-0.05, 0) is 6.92 Å². The van der Waals surface area contributed by atoms with Gasteiger partial charge in [-0.1, -0.05) is 11.6 Å². The summed E-state index contributed by atoms with van der Waals surface area (Å²) in [5.41, 5.74) is -3.45. The summed E-state index contributed by atoms with van der Waals surface area (Å²) in [7, 11) is 0. The van der Waals surface area contributed by atoms with Gasteiger partial charge in [-0.15, -0.1) is 0 Å². The van der Waals surface area contributed by atoms with Gasteiger partial charge in [-0.2, -0.15) is 26.3 Å². The Balaban J connectivity index is 3.56. The molecule has 1 aromatic rings. The largest absolute Gasteiger partial charge is 0.462 e. The molecule has 20 heavy (non-hydrogen) atoms. The number of alkyl halides is 6. The molecular weight excluding hydrogens is 318 g/mol. The minimum absolute atomic E-state index is 0.298. The highest BCUT2D eigenvalue weighted by atomic mass is 35.5. The van der Waals surface area contributed by atoms with Gasteiger partial charge in [0.2, 0.25) is 5.82 Å². The lowest BCUT2D eigenvalue weighted by atomic mass is 10.2. The van der Waals surface area contributed by atoms with Crippen LogP contribution in [0.25, 0.3) is 0 Å². The van der Waals surface area contributed by atoms with E-state index >= 15 is 0 Å². The molecule has 0 N–H and O–H groups in total. The van der Waals surface area contributed by atoms with E-state index in [0.29, 0.717) is 0 Å². The molecule has 0 amide bonds. The topological polar surface area (TPSA) is 52.1 Å². The Kier molecular flexibility index (Phi) is 4.47. The van der Waals surface area contributed by atoms with E-state index in [2.05, 4.69) is 14.7 Å². The second kappa shape index (κ2) is 5.43. The van der Waals surface area contributed by atoms with Crippen LogP contribution < -0.4 is 0 Å². The van der Waals surface area contributed by atoms with E-state index in [9.17, 15) is 31.1 Å². The van der Waals surface area contributed by atoms with Gasteiger partial charge in [0.1, 0.15) is 10.7 Å². The van der Waals surface area contributed by atoms with Crippen molar-refractivity contribution < 1.29 is 35.9 Å². The van der Waals surface area contributed by atoms with Crippen LogP contribution in [0.15, 0.2) is 0 Å². The van der Waals surface area contributed by atoms with Crippen LogP contribution in [0.2, 0.25) is 5.15 Å². The summed E-state index contributed by atoms with van der Waals surface area (Å²) in [6.07, 6.45) is -10.6. The first-order chi connectivity index (χ1) is 8.98. The molecule has 112 valence electrons. The summed E-state index contributed by atoms with van der Waals surface area (Å²) in [4.78, 5) is 16.3. The van der Waals surface area contributed by atoms with Crippen LogP contribution in [0.3, 0.4) is 0 Å². The van der Waals surface area contributed by atoms with Crippen molar-refractivity contribution in [3.05, 3.63) is 22.2 Å². The van der Waals surface area contributed by atoms with E-state index in [0.717, 1.165) is 0 Å². The predicted molar refractivity (Wildman–Crippen MR) is 53.0 cm³/mol. The first-order valence-corrected chi connectivity index (χ1v) is 5.25. The summed E-state index contributed by atoms with van der Waals surface area (Å²) in [5.74, 6) is -3.65. The van der Waals surface area contributed by atoms with E-state index in [1.165, 1.54) is 6.92 Å². The highest BCUT2D eigenvalue weighted by Gasteiger charge is 2.44. The SMILES string of the molecule is CCOC(=O)c1c(Cl)nc(C(F)(F)F)nc1C(F)(F)F. The molecule has 4 nitrogen and oxygen atoms in total. The van der Waals surface area contributed by atoms with Crippen molar-refractivity contribution in [2.24, 2.45) is 0 Å². The van der Waals surface area contributed by atoms with E-state index in [4.69, 9.17) is 11.6 Å². The molecule has 11 heteroatoms. The first kappa shape index (κ1) is 16.5. The Morgan fingerprint density at radius 3 is 2.10 bits per heavy atom. The smallest absolute Gasteiger partial charge is 0.451 e. The molecule has 0 fully saturated rings. The zero-order chi connectivity index (χ0) is 15.7. The van der Waals surface area contributed by atoms with Crippen LogP contribution in [-0.4, -0.2) is 22.5 Å². The quantitative estimate of drug-likeness (QED) is 0.476. The van der Waals surface area contributed by atoms with Crippen molar-refractivity contribution in [3.63, 3.8) is 0 Å². The Morgan fingerprint density at radius 2 is 1.70 bits per heavy atom. The second-order valence-electron chi connectivity index (χ2n) is 3.28. The molecule has 0 atom stereocenters. The summed E-state index contributed by atoms with van der Waals surface area (Å²) >= 11 is 5.23. The van der Waals surface area contributed by atoms with Gasteiger partial charge < -0.3 is 4.74 Å². The molecule has 0 aliphatic carbocycles. The number of hydrogen-bond donors (Lipinski definition) is 0. The molecule has 1 aromatic heterocycles. The highest BCUT2D eigenvalue weighted by Crippen LogP contribution is 2.36. The maximum atomic E-state index is 12.7. The molecule has 0 radical (unpaired) electrons. The number of carbonyl (C=O) groups excluding carboxylic acids is 1. The fraction of sp³-hybridized carbons (Fsp3) is 0.444. The molecule has 0 spiro atoms. The molecule has 0 aliphatic heterocycles.